The first kappa shape index (κ1) is 8.38. The maximum atomic E-state index is 5.78. The molecule has 0 aliphatic heterocycles. The van der Waals surface area contributed by atoms with Crippen molar-refractivity contribution in [3.63, 3.8) is 0 Å². The van der Waals surface area contributed by atoms with Crippen molar-refractivity contribution in [3.8, 4) is 6.08 Å². The zero-order chi connectivity index (χ0) is 9.26. The Kier molecular flexibility index (Phi) is 2.10. The van der Waals surface area contributed by atoms with E-state index in [1.54, 1.807) is 18.2 Å². The van der Waals surface area contributed by atoms with E-state index in [4.69, 9.17) is 20.8 Å². The molecule has 13 heavy (non-hydrogen) atoms. The minimum atomic E-state index is 0.291. The maximum absolute atomic E-state index is 5.78. The van der Waals surface area contributed by atoms with Gasteiger partial charge in [-0.2, -0.15) is 4.98 Å². The van der Waals surface area contributed by atoms with E-state index in [-0.39, 0.29) is 0 Å². The van der Waals surface area contributed by atoms with Crippen molar-refractivity contribution < 1.29 is 9.15 Å². The Morgan fingerprint density at radius 2 is 2.38 bits per heavy atom. The van der Waals surface area contributed by atoms with Gasteiger partial charge in [0.25, 0.3) is 0 Å². The molecule has 2 rings (SSSR count). The number of halogens is 1. The molecule has 0 saturated carbocycles. The van der Waals surface area contributed by atoms with Gasteiger partial charge in [0.05, 0.1) is 6.61 Å². The van der Waals surface area contributed by atoms with Gasteiger partial charge in [-0.05, 0) is 25.1 Å². The van der Waals surface area contributed by atoms with Gasteiger partial charge in [0, 0.05) is 5.02 Å². The summed E-state index contributed by atoms with van der Waals surface area (Å²) in [6, 6.07) is 5.26. The summed E-state index contributed by atoms with van der Waals surface area (Å²) in [6.07, 6.45) is 0.291. The molecule has 3 nitrogen and oxygen atoms in total. The first-order valence-electron chi connectivity index (χ1n) is 3.98. The number of hydrogen-bond acceptors (Lipinski definition) is 3. The molecule has 0 aliphatic rings. The zero-order valence-corrected chi connectivity index (χ0v) is 7.84. The van der Waals surface area contributed by atoms with Crippen LogP contribution in [-0.4, -0.2) is 11.6 Å². The topological polar surface area (TPSA) is 35.3 Å². The molecule has 0 fully saturated rings. The molecule has 0 radical (unpaired) electrons. The third-order valence-electron chi connectivity index (χ3n) is 1.60. The molecular weight excluding hydrogens is 190 g/mol. The second-order valence-electron chi connectivity index (χ2n) is 2.52. The van der Waals surface area contributed by atoms with Crippen LogP contribution < -0.4 is 4.74 Å². The average Bonchev–Trinajstić information content (AvgIpc) is 2.46. The van der Waals surface area contributed by atoms with Crippen molar-refractivity contribution in [1.82, 2.24) is 4.98 Å². The van der Waals surface area contributed by atoms with E-state index >= 15 is 0 Å². The van der Waals surface area contributed by atoms with Crippen LogP contribution in [0, 0.1) is 0 Å². The fourth-order valence-electron chi connectivity index (χ4n) is 1.06. The summed E-state index contributed by atoms with van der Waals surface area (Å²) in [5.74, 6) is 0. The predicted molar refractivity (Wildman–Crippen MR) is 50.2 cm³/mol. The Hall–Kier alpha value is -1.22. The fourth-order valence-corrected chi connectivity index (χ4v) is 1.23. The van der Waals surface area contributed by atoms with Gasteiger partial charge in [0.15, 0.2) is 5.58 Å². The third-order valence-corrected chi connectivity index (χ3v) is 1.83. The van der Waals surface area contributed by atoms with E-state index < -0.39 is 0 Å². The maximum Gasteiger partial charge on any atom is 0.394 e. The lowest BCUT2D eigenvalue weighted by Gasteiger charge is -1.91. The molecule has 1 aromatic carbocycles. The predicted octanol–water partition coefficient (Wildman–Crippen LogP) is 2.88. The standard InChI is InChI=1S/C9H8ClNO2/c1-2-12-9-11-7-5-6(10)3-4-8(7)13-9/h3-5H,2H2,1H3. The van der Waals surface area contributed by atoms with E-state index in [2.05, 4.69) is 4.98 Å². The van der Waals surface area contributed by atoms with E-state index in [0.29, 0.717) is 23.3 Å². The Labute approximate surface area is 80.3 Å². The fraction of sp³-hybridized carbons (Fsp3) is 0.222. The lowest BCUT2D eigenvalue weighted by atomic mass is 10.3. The van der Waals surface area contributed by atoms with Crippen LogP contribution in [0.1, 0.15) is 6.92 Å². The van der Waals surface area contributed by atoms with Crippen LogP contribution in [-0.2, 0) is 0 Å². The molecule has 0 bridgehead atoms. The van der Waals surface area contributed by atoms with E-state index in [9.17, 15) is 0 Å². The minimum absolute atomic E-state index is 0.291. The summed E-state index contributed by atoms with van der Waals surface area (Å²) in [7, 11) is 0. The first-order chi connectivity index (χ1) is 6.29. The van der Waals surface area contributed by atoms with Crippen LogP contribution in [0.25, 0.3) is 11.1 Å². The van der Waals surface area contributed by atoms with Crippen LogP contribution >= 0.6 is 11.6 Å². The van der Waals surface area contributed by atoms with Gasteiger partial charge >= 0.3 is 6.08 Å². The quantitative estimate of drug-likeness (QED) is 0.743. The molecule has 1 heterocycles. The van der Waals surface area contributed by atoms with Gasteiger partial charge in [-0.3, -0.25) is 0 Å². The number of aromatic nitrogens is 1. The second kappa shape index (κ2) is 3.26. The van der Waals surface area contributed by atoms with Crippen LogP contribution in [0.3, 0.4) is 0 Å². The number of rotatable bonds is 2. The number of benzene rings is 1. The summed E-state index contributed by atoms with van der Waals surface area (Å²) in [5, 5.41) is 0.642. The van der Waals surface area contributed by atoms with Crippen molar-refractivity contribution in [2.75, 3.05) is 6.61 Å². The minimum Gasteiger partial charge on any atom is -0.450 e. The summed E-state index contributed by atoms with van der Waals surface area (Å²) in [4.78, 5) is 4.09. The summed E-state index contributed by atoms with van der Waals surface area (Å²) in [6.45, 7) is 2.42. The third kappa shape index (κ3) is 1.60. The van der Waals surface area contributed by atoms with Gasteiger partial charge < -0.3 is 9.15 Å². The SMILES string of the molecule is CCOc1nc2cc(Cl)ccc2o1. The highest BCUT2D eigenvalue weighted by molar-refractivity contribution is 6.31. The Morgan fingerprint density at radius 3 is 3.15 bits per heavy atom. The van der Waals surface area contributed by atoms with Crippen molar-refractivity contribution in [2.24, 2.45) is 0 Å². The van der Waals surface area contributed by atoms with Crippen LogP contribution in [0.2, 0.25) is 5.02 Å². The molecule has 0 saturated heterocycles. The largest absolute Gasteiger partial charge is 0.450 e. The van der Waals surface area contributed by atoms with Gasteiger partial charge in [-0.15, -0.1) is 0 Å². The smallest absolute Gasteiger partial charge is 0.394 e. The van der Waals surface area contributed by atoms with Gasteiger partial charge in [-0.1, -0.05) is 11.6 Å². The Bertz CT molecular complexity index is 424. The molecule has 0 spiro atoms. The van der Waals surface area contributed by atoms with Crippen molar-refractivity contribution in [3.05, 3.63) is 23.2 Å². The molecule has 0 aliphatic carbocycles. The number of ether oxygens (including phenoxy) is 1. The number of oxazole rings is 1. The van der Waals surface area contributed by atoms with E-state index in [0.717, 1.165) is 5.52 Å². The van der Waals surface area contributed by atoms with Gasteiger partial charge in [0.1, 0.15) is 5.52 Å². The summed E-state index contributed by atoms with van der Waals surface area (Å²) < 4.78 is 10.4. The van der Waals surface area contributed by atoms with Gasteiger partial charge in [-0.25, -0.2) is 0 Å². The molecule has 4 heteroatoms. The second-order valence-corrected chi connectivity index (χ2v) is 2.96. The van der Waals surface area contributed by atoms with Crippen LogP contribution in [0.4, 0.5) is 0 Å². The molecule has 2 aromatic rings. The Balaban J connectivity index is 2.49. The van der Waals surface area contributed by atoms with Crippen molar-refractivity contribution >= 4 is 22.7 Å². The van der Waals surface area contributed by atoms with Gasteiger partial charge in [0.2, 0.25) is 0 Å². The van der Waals surface area contributed by atoms with E-state index in [1.807, 2.05) is 6.92 Å². The molecule has 0 unspecified atom stereocenters. The van der Waals surface area contributed by atoms with Crippen molar-refractivity contribution in [2.45, 2.75) is 6.92 Å². The molecule has 0 atom stereocenters. The van der Waals surface area contributed by atoms with Crippen LogP contribution in [0.5, 0.6) is 6.08 Å². The molecular formula is C9H8ClNO2. The van der Waals surface area contributed by atoms with Crippen molar-refractivity contribution in [1.29, 1.82) is 0 Å². The van der Waals surface area contributed by atoms with Crippen LogP contribution in [0.15, 0.2) is 22.6 Å². The molecule has 0 amide bonds. The zero-order valence-electron chi connectivity index (χ0n) is 7.08. The highest BCUT2D eigenvalue weighted by Gasteiger charge is 2.05. The molecule has 0 N–H and O–H groups in total. The number of fused-ring (bicyclic) bond motifs is 1. The summed E-state index contributed by atoms with van der Waals surface area (Å²) in [5.41, 5.74) is 1.41. The Morgan fingerprint density at radius 1 is 1.54 bits per heavy atom. The average molecular weight is 198 g/mol. The monoisotopic (exact) mass is 197 g/mol. The highest BCUT2D eigenvalue weighted by atomic mass is 35.5. The first-order valence-corrected chi connectivity index (χ1v) is 4.36. The van der Waals surface area contributed by atoms with E-state index in [1.165, 1.54) is 0 Å². The highest BCUT2D eigenvalue weighted by Crippen LogP contribution is 2.23. The lowest BCUT2D eigenvalue weighted by molar-refractivity contribution is 0.251. The number of hydrogen-bond donors (Lipinski definition) is 0. The number of nitrogens with zero attached hydrogens (tertiary/aromatic N) is 1. The molecule has 68 valence electrons. The lowest BCUT2D eigenvalue weighted by Crippen LogP contribution is -1.89. The summed E-state index contributed by atoms with van der Waals surface area (Å²) >= 11 is 5.78. The molecule has 1 aromatic heterocycles. The normalized spacial score (nSPS) is 10.6.